The van der Waals surface area contributed by atoms with Crippen molar-refractivity contribution in [3.63, 3.8) is 0 Å². The average Bonchev–Trinajstić information content (AvgIpc) is 2.45. The molecule has 1 aliphatic rings. The first-order valence-electron chi connectivity index (χ1n) is 6.35. The van der Waals surface area contributed by atoms with Gasteiger partial charge < -0.3 is 14.4 Å². The van der Waals surface area contributed by atoms with E-state index in [-0.39, 0.29) is 12.0 Å². The molecule has 1 atom stereocenters. The average molecular weight is 281 g/mol. The van der Waals surface area contributed by atoms with Crippen molar-refractivity contribution in [1.29, 1.82) is 0 Å². The molecule has 0 aromatic heterocycles. The molecule has 4 nitrogen and oxygen atoms in total. The van der Waals surface area contributed by atoms with E-state index < -0.39 is 0 Å². The van der Waals surface area contributed by atoms with Crippen LogP contribution < -0.4 is 4.74 Å². The summed E-state index contributed by atoms with van der Waals surface area (Å²) in [6, 6.07) is 7.76. The van der Waals surface area contributed by atoms with Crippen LogP contribution in [-0.4, -0.2) is 49.5 Å². The number of nitrogens with zero attached hydrogens (tertiary/aromatic N) is 1. The molecule has 5 heteroatoms. The molecule has 19 heavy (non-hydrogen) atoms. The Labute approximate surface area is 118 Å². The largest absolute Gasteiger partial charge is 0.497 e. The number of methoxy groups -OCH3 is 1. The molecule has 2 rings (SSSR count). The van der Waals surface area contributed by atoms with Gasteiger partial charge in [-0.25, -0.2) is 0 Å². The van der Waals surface area contributed by atoms with E-state index in [0.29, 0.717) is 25.4 Å². The maximum absolute atomic E-state index is 12.1. The van der Waals surface area contributed by atoms with Gasteiger partial charge in [0.05, 0.1) is 25.6 Å². The summed E-state index contributed by atoms with van der Waals surface area (Å²) in [5.41, 5.74) is 0. The second kappa shape index (κ2) is 6.82. The van der Waals surface area contributed by atoms with Crippen LogP contribution >= 0.6 is 11.8 Å². The zero-order valence-electron chi connectivity index (χ0n) is 11.3. The molecule has 0 spiro atoms. The van der Waals surface area contributed by atoms with Crippen LogP contribution in [0.1, 0.15) is 6.92 Å². The lowest BCUT2D eigenvalue weighted by atomic mass is 10.3. The summed E-state index contributed by atoms with van der Waals surface area (Å²) >= 11 is 1.54. The van der Waals surface area contributed by atoms with E-state index in [1.165, 1.54) is 0 Å². The van der Waals surface area contributed by atoms with E-state index >= 15 is 0 Å². The second-order valence-corrected chi connectivity index (χ2v) is 5.54. The van der Waals surface area contributed by atoms with Gasteiger partial charge in [-0.05, 0) is 25.1 Å². The quantitative estimate of drug-likeness (QED) is 0.792. The number of benzene rings is 1. The molecule has 0 bridgehead atoms. The molecular formula is C14H19NO3S. The van der Waals surface area contributed by atoms with Gasteiger partial charge in [0.1, 0.15) is 5.75 Å². The molecule has 1 unspecified atom stereocenters. The van der Waals surface area contributed by atoms with Gasteiger partial charge in [0.15, 0.2) is 0 Å². The number of rotatable bonds is 4. The molecule has 1 aromatic carbocycles. The molecule has 0 saturated carbocycles. The third-order valence-electron chi connectivity index (χ3n) is 3.00. The first-order chi connectivity index (χ1) is 9.19. The van der Waals surface area contributed by atoms with Crippen molar-refractivity contribution in [2.75, 3.05) is 32.6 Å². The Morgan fingerprint density at radius 1 is 1.58 bits per heavy atom. The van der Waals surface area contributed by atoms with Crippen molar-refractivity contribution in [1.82, 2.24) is 4.90 Å². The molecule has 0 N–H and O–H groups in total. The van der Waals surface area contributed by atoms with Gasteiger partial charge >= 0.3 is 0 Å². The maximum atomic E-state index is 12.1. The fourth-order valence-electron chi connectivity index (χ4n) is 1.97. The Hall–Kier alpha value is -1.20. The molecule has 0 radical (unpaired) electrons. The molecule has 1 fully saturated rings. The van der Waals surface area contributed by atoms with E-state index in [1.807, 2.05) is 36.1 Å². The van der Waals surface area contributed by atoms with Crippen LogP contribution in [0.3, 0.4) is 0 Å². The lowest BCUT2D eigenvalue weighted by molar-refractivity contribution is -0.135. The van der Waals surface area contributed by atoms with Crippen LogP contribution in [0.25, 0.3) is 0 Å². The third kappa shape index (κ3) is 4.14. The highest BCUT2D eigenvalue weighted by molar-refractivity contribution is 8.00. The number of carbonyl (C=O) groups excluding carboxylic acids is 1. The monoisotopic (exact) mass is 281 g/mol. The van der Waals surface area contributed by atoms with Gasteiger partial charge in [-0.2, -0.15) is 0 Å². The fraction of sp³-hybridized carbons (Fsp3) is 0.500. The van der Waals surface area contributed by atoms with Crippen molar-refractivity contribution in [3.8, 4) is 5.75 Å². The first kappa shape index (κ1) is 14.2. The highest BCUT2D eigenvalue weighted by Gasteiger charge is 2.21. The summed E-state index contributed by atoms with van der Waals surface area (Å²) < 4.78 is 10.6. The molecule has 1 amide bonds. The van der Waals surface area contributed by atoms with Crippen molar-refractivity contribution < 1.29 is 14.3 Å². The van der Waals surface area contributed by atoms with Gasteiger partial charge in [-0.15, -0.1) is 11.8 Å². The second-order valence-electron chi connectivity index (χ2n) is 4.49. The summed E-state index contributed by atoms with van der Waals surface area (Å²) in [4.78, 5) is 15.0. The number of amides is 1. The number of morpholine rings is 1. The number of hydrogen-bond acceptors (Lipinski definition) is 4. The number of hydrogen-bond donors (Lipinski definition) is 0. The standard InChI is InChI=1S/C14H19NO3S/c1-11-9-15(6-7-18-11)14(16)10-19-13-5-3-4-12(8-13)17-2/h3-5,8,11H,6-7,9-10H2,1-2H3. The van der Waals surface area contributed by atoms with Crippen LogP contribution in [0.2, 0.25) is 0 Å². The van der Waals surface area contributed by atoms with Crippen LogP contribution in [-0.2, 0) is 9.53 Å². The predicted octanol–water partition coefficient (Wildman–Crippen LogP) is 2.03. The summed E-state index contributed by atoms with van der Waals surface area (Å²) in [5, 5.41) is 0. The molecular weight excluding hydrogens is 262 g/mol. The van der Waals surface area contributed by atoms with Gasteiger partial charge in [0.25, 0.3) is 0 Å². The number of thioether (sulfide) groups is 1. The summed E-state index contributed by atoms with van der Waals surface area (Å²) in [6.45, 7) is 4.02. The minimum Gasteiger partial charge on any atom is -0.497 e. The van der Waals surface area contributed by atoms with E-state index in [9.17, 15) is 4.79 Å². The highest BCUT2D eigenvalue weighted by atomic mass is 32.2. The topological polar surface area (TPSA) is 38.8 Å². The molecule has 104 valence electrons. The van der Waals surface area contributed by atoms with E-state index in [0.717, 1.165) is 10.6 Å². The fourth-order valence-corrected chi connectivity index (χ4v) is 2.82. The van der Waals surface area contributed by atoms with Crippen LogP contribution in [0.4, 0.5) is 0 Å². The van der Waals surface area contributed by atoms with Crippen molar-refractivity contribution in [2.45, 2.75) is 17.9 Å². The van der Waals surface area contributed by atoms with Gasteiger partial charge in [-0.1, -0.05) is 6.07 Å². The van der Waals surface area contributed by atoms with Gasteiger partial charge in [0, 0.05) is 18.0 Å². The lowest BCUT2D eigenvalue weighted by Crippen LogP contribution is -2.45. The third-order valence-corrected chi connectivity index (χ3v) is 3.98. The molecule has 1 heterocycles. The Balaban J connectivity index is 1.85. The molecule has 0 aliphatic carbocycles. The molecule has 1 aliphatic heterocycles. The van der Waals surface area contributed by atoms with Crippen molar-refractivity contribution in [2.24, 2.45) is 0 Å². The zero-order chi connectivity index (χ0) is 13.7. The van der Waals surface area contributed by atoms with Crippen LogP contribution in [0.5, 0.6) is 5.75 Å². The van der Waals surface area contributed by atoms with Crippen LogP contribution in [0.15, 0.2) is 29.2 Å². The summed E-state index contributed by atoms with van der Waals surface area (Å²) in [5.74, 6) is 1.44. The Morgan fingerprint density at radius 3 is 3.16 bits per heavy atom. The zero-order valence-corrected chi connectivity index (χ0v) is 12.1. The summed E-state index contributed by atoms with van der Waals surface area (Å²) in [7, 11) is 1.64. The van der Waals surface area contributed by atoms with E-state index in [4.69, 9.17) is 9.47 Å². The molecule has 1 aromatic rings. The van der Waals surface area contributed by atoms with Crippen molar-refractivity contribution in [3.05, 3.63) is 24.3 Å². The summed E-state index contributed by atoms with van der Waals surface area (Å²) in [6.07, 6.45) is 0.138. The minimum atomic E-state index is 0.138. The predicted molar refractivity (Wildman–Crippen MR) is 75.7 cm³/mol. The smallest absolute Gasteiger partial charge is 0.233 e. The Kier molecular flexibility index (Phi) is 5.10. The number of ether oxygens (including phenoxy) is 2. The minimum absolute atomic E-state index is 0.138. The SMILES string of the molecule is COc1cccc(SCC(=O)N2CCOC(C)C2)c1. The maximum Gasteiger partial charge on any atom is 0.233 e. The van der Waals surface area contributed by atoms with E-state index in [2.05, 4.69) is 0 Å². The first-order valence-corrected chi connectivity index (χ1v) is 7.34. The Bertz CT molecular complexity index is 438. The van der Waals surface area contributed by atoms with E-state index in [1.54, 1.807) is 18.9 Å². The molecule has 1 saturated heterocycles. The Morgan fingerprint density at radius 2 is 2.42 bits per heavy atom. The van der Waals surface area contributed by atoms with Gasteiger partial charge in [0.2, 0.25) is 5.91 Å². The lowest BCUT2D eigenvalue weighted by Gasteiger charge is -2.31. The van der Waals surface area contributed by atoms with Crippen molar-refractivity contribution >= 4 is 17.7 Å². The van der Waals surface area contributed by atoms with Crippen LogP contribution in [0, 0.1) is 0 Å². The normalized spacial score (nSPS) is 19.3. The number of carbonyl (C=O) groups is 1. The van der Waals surface area contributed by atoms with Gasteiger partial charge in [-0.3, -0.25) is 4.79 Å². The highest BCUT2D eigenvalue weighted by Crippen LogP contribution is 2.23.